The van der Waals surface area contributed by atoms with Crippen molar-refractivity contribution in [2.24, 2.45) is 0 Å². The second-order valence-corrected chi connectivity index (χ2v) is 5.09. The molecule has 1 aliphatic carbocycles. The van der Waals surface area contributed by atoms with Crippen molar-refractivity contribution in [2.75, 3.05) is 4.90 Å². The van der Waals surface area contributed by atoms with Gasteiger partial charge < -0.3 is 5.11 Å². The van der Waals surface area contributed by atoms with E-state index < -0.39 is 17.8 Å². The van der Waals surface area contributed by atoms with Crippen LogP contribution in [0.3, 0.4) is 0 Å². The van der Waals surface area contributed by atoms with Crippen molar-refractivity contribution in [1.82, 2.24) is 0 Å². The van der Waals surface area contributed by atoms with E-state index in [9.17, 15) is 14.7 Å². The third-order valence-electron chi connectivity index (χ3n) is 3.84. The fourth-order valence-electron chi connectivity index (χ4n) is 2.93. The van der Waals surface area contributed by atoms with Gasteiger partial charge in [0.1, 0.15) is 0 Å². The predicted molar refractivity (Wildman–Crippen MR) is 66.6 cm³/mol. The van der Waals surface area contributed by atoms with Crippen LogP contribution in [0, 0.1) is 6.92 Å². The van der Waals surface area contributed by atoms with Crippen LogP contribution in [-0.4, -0.2) is 28.9 Å². The maximum absolute atomic E-state index is 12.1. The molecule has 0 saturated heterocycles. The lowest BCUT2D eigenvalue weighted by atomic mass is 10.1. The molecule has 0 unspecified atom stereocenters. The highest BCUT2D eigenvalue weighted by Crippen LogP contribution is 2.36. The molecule has 1 saturated carbocycles. The number of rotatable bonds is 1. The lowest BCUT2D eigenvalue weighted by Crippen LogP contribution is -2.43. The molecule has 1 aliphatic heterocycles. The number of hydrogen-bond acceptors (Lipinski definition) is 3. The first-order valence-corrected chi connectivity index (χ1v) is 6.26. The molecule has 1 aromatic carbocycles. The van der Waals surface area contributed by atoms with Gasteiger partial charge in [-0.25, -0.2) is 0 Å². The Morgan fingerprint density at radius 1 is 1.28 bits per heavy atom. The summed E-state index contributed by atoms with van der Waals surface area (Å²) in [6, 6.07) is 5.19. The van der Waals surface area contributed by atoms with E-state index in [0.717, 1.165) is 18.4 Å². The number of carbonyl (C=O) groups is 2. The minimum absolute atomic E-state index is 0.245. The van der Waals surface area contributed by atoms with Crippen molar-refractivity contribution < 1.29 is 14.7 Å². The fraction of sp³-hybridized carbons (Fsp3) is 0.429. The van der Waals surface area contributed by atoms with Crippen molar-refractivity contribution in [1.29, 1.82) is 0 Å². The molecule has 1 N–H and O–H groups in total. The number of amides is 1. The number of aliphatic hydroxyl groups excluding tert-OH is 1. The van der Waals surface area contributed by atoms with Gasteiger partial charge in [-0.1, -0.05) is 11.6 Å². The molecule has 1 amide bonds. The van der Waals surface area contributed by atoms with E-state index in [4.69, 9.17) is 0 Å². The summed E-state index contributed by atoms with van der Waals surface area (Å²) in [7, 11) is 0. The van der Waals surface area contributed by atoms with E-state index in [1.807, 2.05) is 13.0 Å². The van der Waals surface area contributed by atoms with Crippen LogP contribution in [0.2, 0.25) is 0 Å². The number of aryl methyl sites for hydroxylation is 1. The largest absolute Gasteiger partial charge is 0.391 e. The molecule has 4 nitrogen and oxygen atoms in total. The van der Waals surface area contributed by atoms with Gasteiger partial charge in [0, 0.05) is 0 Å². The average molecular weight is 245 g/mol. The van der Waals surface area contributed by atoms with Crippen molar-refractivity contribution >= 4 is 17.4 Å². The maximum atomic E-state index is 12.1. The van der Waals surface area contributed by atoms with Crippen LogP contribution in [0.5, 0.6) is 0 Å². The molecule has 2 atom stereocenters. The van der Waals surface area contributed by atoms with Crippen molar-refractivity contribution in [2.45, 2.75) is 38.3 Å². The fourth-order valence-corrected chi connectivity index (χ4v) is 2.93. The number of aliphatic hydroxyl groups is 1. The minimum Gasteiger partial charge on any atom is -0.391 e. The summed E-state index contributed by atoms with van der Waals surface area (Å²) < 4.78 is 0. The Kier molecular flexibility index (Phi) is 2.48. The molecule has 94 valence electrons. The van der Waals surface area contributed by atoms with E-state index in [1.54, 1.807) is 12.1 Å². The molecule has 1 fully saturated rings. The van der Waals surface area contributed by atoms with E-state index in [2.05, 4.69) is 0 Å². The second-order valence-electron chi connectivity index (χ2n) is 5.09. The number of anilines is 1. The number of benzene rings is 1. The molecule has 2 aliphatic rings. The van der Waals surface area contributed by atoms with E-state index in [-0.39, 0.29) is 6.04 Å². The molecular formula is C14H15NO3. The van der Waals surface area contributed by atoms with Crippen LogP contribution in [0.15, 0.2) is 18.2 Å². The summed E-state index contributed by atoms with van der Waals surface area (Å²) in [5.41, 5.74) is 2.09. The molecule has 3 rings (SSSR count). The zero-order valence-corrected chi connectivity index (χ0v) is 10.2. The van der Waals surface area contributed by atoms with Gasteiger partial charge in [-0.15, -0.1) is 0 Å². The highest BCUT2D eigenvalue weighted by atomic mass is 16.3. The number of carbonyl (C=O) groups excluding carboxylic acids is 2. The molecule has 1 aromatic rings. The Morgan fingerprint density at radius 2 is 2.06 bits per heavy atom. The molecule has 0 bridgehead atoms. The Bertz CT molecular complexity index is 538. The lowest BCUT2D eigenvalue weighted by Gasteiger charge is -2.26. The summed E-state index contributed by atoms with van der Waals surface area (Å²) >= 11 is 0. The van der Waals surface area contributed by atoms with Crippen molar-refractivity contribution in [3.63, 3.8) is 0 Å². The quantitative estimate of drug-likeness (QED) is 0.762. The molecule has 0 radical (unpaired) electrons. The van der Waals surface area contributed by atoms with Crippen LogP contribution >= 0.6 is 0 Å². The summed E-state index contributed by atoms with van der Waals surface area (Å²) in [5.74, 6) is -0.950. The van der Waals surface area contributed by atoms with Crippen LogP contribution in [0.25, 0.3) is 0 Å². The summed E-state index contributed by atoms with van der Waals surface area (Å²) in [6.45, 7) is 1.89. The molecule has 1 heterocycles. The van der Waals surface area contributed by atoms with Crippen LogP contribution in [0.1, 0.15) is 35.2 Å². The monoisotopic (exact) mass is 245 g/mol. The molecule has 18 heavy (non-hydrogen) atoms. The van der Waals surface area contributed by atoms with Gasteiger partial charge in [0.25, 0.3) is 11.7 Å². The SMILES string of the molecule is Cc1ccc2c(c1)C(=O)C(=O)N2[C@H]1CCC[C@@H]1O. The number of fused-ring (bicyclic) bond motifs is 1. The summed E-state index contributed by atoms with van der Waals surface area (Å²) in [4.78, 5) is 25.5. The normalized spacial score (nSPS) is 26.9. The lowest BCUT2D eigenvalue weighted by molar-refractivity contribution is -0.115. The Morgan fingerprint density at radius 3 is 2.72 bits per heavy atom. The third-order valence-corrected chi connectivity index (χ3v) is 3.84. The maximum Gasteiger partial charge on any atom is 0.299 e. The van der Waals surface area contributed by atoms with Gasteiger partial charge in [0.2, 0.25) is 0 Å². The van der Waals surface area contributed by atoms with Gasteiger partial charge in [-0.2, -0.15) is 0 Å². The highest BCUT2D eigenvalue weighted by molar-refractivity contribution is 6.52. The van der Waals surface area contributed by atoms with Gasteiger partial charge >= 0.3 is 0 Å². The van der Waals surface area contributed by atoms with Gasteiger partial charge in [-0.05, 0) is 38.3 Å². The van der Waals surface area contributed by atoms with Crippen LogP contribution < -0.4 is 4.90 Å². The van der Waals surface area contributed by atoms with Crippen molar-refractivity contribution in [3.8, 4) is 0 Å². The molecular weight excluding hydrogens is 230 g/mol. The summed E-state index contributed by atoms with van der Waals surface area (Å²) in [5, 5.41) is 9.93. The van der Waals surface area contributed by atoms with E-state index >= 15 is 0 Å². The molecule has 0 aromatic heterocycles. The number of ketones is 1. The van der Waals surface area contributed by atoms with Crippen molar-refractivity contribution in [3.05, 3.63) is 29.3 Å². The first-order chi connectivity index (χ1) is 8.59. The van der Waals surface area contributed by atoms with Gasteiger partial charge in [0.05, 0.1) is 23.4 Å². The zero-order valence-electron chi connectivity index (χ0n) is 10.2. The Labute approximate surface area is 105 Å². The van der Waals surface area contributed by atoms with Gasteiger partial charge in [-0.3, -0.25) is 14.5 Å². The predicted octanol–water partition coefficient (Wildman–Crippen LogP) is 1.44. The number of nitrogens with zero attached hydrogens (tertiary/aromatic N) is 1. The highest BCUT2D eigenvalue weighted by Gasteiger charge is 2.43. The zero-order chi connectivity index (χ0) is 12.9. The molecule has 0 spiro atoms. The summed E-state index contributed by atoms with van der Waals surface area (Å²) in [6.07, 6.45) is 1.83. The van der Waals surface area contributed by atoms with Crippen LogP contribution in [-0.2, 0) is 4.79 Å². The van der Waals surface area contributed by atoms with E-state index in [0.29, 0.717) is 17.7 Å². The third kappa shape index (κ3) is 1.49. The number of hydrogen-bond donors (Lipinski definition) is 1. The standard InChI is InChI=1S/C14H15NO3/c1-8-5-6-10-9(7-8)13(17)14(18)15(10)11-3-2-4-12(11)16/h5-7,11-12,16H,2-4H2,1H3/t11-,12-/m0/s1. The number of Topliss-reactive ketones (excluding diaryl/α,β-unsaturated/α-hetero) is 1. The molecule has 4 heteroatoms. The van der Waals surface area contributed by atoms with Crippen LogP contribution in [0.4, 0.5) is 5.69 Å². The smallest absolute Gasteiger partial charge is 0.299 e. The second kappa shape index (κ2) is 3.92. The first-order valence-electron chi connectivity index (χ1n) is 6.26. The first kappa shape index (κ1) is 11.4. The van der Waals surface area contributed by atoms with Gasteiger partial charge in [0.15, 0.2) is 0 Å². The topological polar surface area (TPSA) is 57.6 Å². The Hall–Kier alpha value is -1.68. The average Bonchev–Trinajstić information content (AvgIpc) is 2.85. The minimum atomic E-state index is -0.519. The van der Waals surface area contributed by atoms with E-state index in [1.165, 1.54) is 4.90 Å². The Balaban J connectivity index is 2.07.